The van der Waals surface area contributed by atoms with Gasteiger partial charge in [-0.2, -0.15) is 0 Å². The fraction of sp³-hybridized carbons (Fsp3) is 0.368. The minimum atomic E-state index is 0.704. The molecule has 2 aromatic rings. The van der Waals surface area contributed by atoms with Gasteiger partial charge in [0.05, 0.1) is 12.8 Å². The second kappa shape index (κ2) is 7.28. The van der Waals surface area contributed by atoms with Crippen LogP contribution < -0.4 is 0 Å². The fourth-order valence-electron chi connectivity index (χ4n) is 3.10. The van der Waals surface area contributed by atoms with Gasteiger partial charge in [0.1, 0.15) is 5.76 Å². The van der Waals surface area contributed by atoms with E-state index in [0.29, 0.717) is 6.04 Å². The van der Waals surface area contributed by atoms with E-state index in [1.165, 1.54) is 31.2 Å². The minimum absolute atomic E-state index is 0.704. The Morgan fingerprint density at radius 3 is 2.57 bits per heavy atom. The van der Waals surface area contributed by atoms with Crippen LogP contribution in [0.5, 0.6) is 0 Å². The van der Waals surface area contributed by atoms with Gasteiger partial charge in [-0.05, 0) is 30.5 Å². The quantitative estimate of drug-likeness (QED) is 0.760. The predicted molar refractivity (Wildman–Crippen MR) is 86.9 cm³/mol. The molecule has 3 rings (SSSR count). The lowest BCUT2D eigenvalue weighted by Gasteiger charge is -2.26. The van der Waals surface area contributed by atoms with Crippen LogP contribution in [-0.4, -0.2) is 17.5 Å². The van der Waals surface area contributed by atoms with Crippen molar-refractivity contribution < 1.29 is 4.42 Å². The number of hydrogen-bond acceptors (Lipinski definition) is 2. The Hall–Kier alpha value is -1.80. The van der Waals surface area contributed by atoms with Gasteiger partial charge in [0.2, 0.25) is 0 Å². The Morgan fingerprint density at radius 1 is 1.05 bits per heavy atom. The first kappa shape index (κ1) is 14.2. The van der Waals surface area contributed by atoms with Crippen molar-refractivity contribution in [3.63, 3.8) is 0 Å². The van der Waals surface area contributed by atoms with Crippen molar-refractivity contribution in [1.29, 1.82) is 0 Å². The van der Waals surface area contributed by atoms with Crippen LogP contribution in [0.25, 0.3) is 6.08 Å². The van der Waals surface area contributed by atoms with Gasteiger partial charge in [0.15, 0.2) is 0 Å². The summed E-state index contributed by atoms with van der Waals surface area (Å²) in [7, 11) is 0. The highest BCUT2D eigenvalue weighted by Gasteiger charge is 2.22. The van der Waals surface area contributed by atoms with Gasteiger partial charge in [-0.1, -0.05) is 55.3 Å². The molecule has 1 saturated carbocycles. The van der Waals surface area contributed by atoms with Crippen LogP contribution in [0.15, 0.2) is 59.2 Å². The molecule has 0 bridgehead atoms. The summed E-state index contributed by atoms with van der Waals surface area (Å²) in [6, 6.07) is 15.3. The third-order valence-electron chi connectivity index (χ3n) is 4.23. The summed E-state index contributed by atoms with van der Waals surface area (Å²) in [5.74, 6) is 1.06. The molecule has 21 heavy (non-hydrogen) atoms. The van der Waals surface area contributed by atoms with Crippen molar-refractivity contribution in [2.24, 2.45) is 0 Å². The van der Waals surface area contributed by atoms with Crippen LogP contribution in [0, 0.1) is 0 Å². The van der Waals surface area contributed by atoms with Crippen molar-refractivity contribution >= 4 is 6.08 Å². The molecule has 1 aliphatic carbocycles. The molecule has 1 aromatic heterocycles. The topological polar surface area (TPSA) is 16.4 Å². The van der Waals surface area contributed by atoms with Crippen LogP contribution in [0.2, 0.25) is 0 Å². The summed E-state index contributed by atoms with van der Waals surface area (Å²) >= 11 is 0. The third-order valence-corrected chi connectivity index (χ3v) is 4.23. The van der Waals surface area contributed by atoms with Crippen LogP contribution in [-0.2, 0) is 6.54 Å². The van der Waals surface area contributed by atoms with E-state index in [1.807, 2.05) is 6.07 Å². The Morgan fingerprint density at radius 2 is 1.86 bits per heavy atom. The molecule has 0 atom stereocenters. The van der Waals surface area contributed by atoms with Gasteiger partial charge in [0, 0.05) is 12.6 Å². The molecule has 1 heterocycles. The number of furan rings is 1. The zero-order valence-electron chi connectivity index (χ0n) is 12.4. The third kappa shape index (κ3) is 4.08. The molecule has 0 spiro atoms. The molecule has 2 heteroatoms. The van der Waals surface area contributed by atoms with E-state index in [4.69, 9.17) is 4.42 Å². The van der Waals surface area contributed by atoms with Crippen LogP contribution >= 0.6 is 0 Å². The highest BCUT2D eigenvalue weighted by atomic mass is 16.3. The number of rotatable bonds is 6. The molecule has 1 aliphatic rings. The second-order valence-corrected chi connectivity index (χ2v) is 5.76. The van der Waals surface area contributed by atoms with E-state index in [0.717, 1.165) is 18.8 Å². The molecule has 0 aliphatic heterocycles. The van der Waals surface area contributed by atoms with E-state index in [-0.39, 0.29) is 0 Å². The van der Waals surface area contributed by atoms with E-state index in [9.17, 15) is 0 Å². The fourth-order valence-corrected chi connectivity index (χ4v) is 3.10. The van der Waals surface area contributed by atoms with Crippen molar-refractivity contribution in [2.75, 3.05) is 6.54 Å². The number of nitrogens with zero attached hydrogens (tertiary/aromatic N) is 1. The van der Waals surface area contributed by atoms with Gasteiger partial charge in [-0.3, -0.25) is 4.90 Å². The summed E-state index contributed by atoms with van der Waals surface area (Å²) in [6.45, 7) is 1.90. The molecule has 0 N–H and O–H groups in total. The predicted octanol–water partition coefficient (Wildman–Crippen LogP) is 4.74. The normalized spacial score (nSPS) is 16.2. The van der Waals surface area contributed by atoms with Gasteiger partial charge >= 0.3 is 0 Å². The Kier molecular flexibility index (Phi) is 4.90. The largest absolute Gasteiger partial charge is 0.468 e. The molecular weight excluding hydrogens is 258 g/mol. The summed E-state index contributed by atoms with van der Waals surface area (Å²) < 4.78 is 5.52. The molecule has 0 amide bonds. The van der Waals surface area contributed by atoms with Crippen molar-refractivity contribution in [2.45, 2.75) is 38.3 Å². The Balaban J connectivity index is 1.62. The average Bonchev–Trinajstić information content (AvgIpc) is 3.21. The maximum Gasteiger partial charge on any atom is 0.117 e. The lowest BCUT2D eigenvalue weighted by atomic mass is 10.2. The van der Waals surface area contributed by atoms with E-state index in [1.54, 1.807) is 6.26 Å². The summed E-state index contributed by atoms with van der Waals surface area (Å²) in [4.78, 5) is 2.55. The monoisotopic (exact) mass is 281 g/mol. The first-order valence-corrected chi connectivity index (χ1v) is 7.90. The molecule has 2 nitrogen and oxygen atoms in total. The average molecular weight is 281 g/mol. The summed E-state index contributed by atoms with van der Waals surface area (Å²) in [5.41, 5.74) is 1.27. The first-order chi connectivity index (χ1) is 10.4. The second-order valence-electron chi connectivity index (χ2n) is 5.76. The number of hydrogen-bond donors (Lipinski definition) is 0. The highest BCUT2D eigenvalue weighted by Crippen LogP contribution is 2.25. The van der Waals surface area contributed by atoms with E-state index < -0.39 is 0 Å². The molecule has 0 saturated heterocycles. The van der Waals surface area contributed by atoms with Crippen molar-refractivity contribution in [3.05, 3.63) is 66.1 Å². The standard InChI is InChI=1S/C19H23NO/c1-2-8-17(9-3-1)10-6-14-20(18-11-4-5-12-18)16-19-13-7-15-21-19/h1-3,6-10,13,15,18H,4-5,11-12,14,16H2. The molecular formula is C19H23NO. The van der Waals surface area contributed by atoms with E-state index in [2.05, 4.69) is 53.5 Å². The van der Waals surface area contributed by atoms with Gasteiger partial charge in [0.25, 0.3) is 0 Å². The van der Waals surface area contributed by atoms with Gasteiger partial charge in [-0.15, -0.1) is 0 Å². The molecule has 0 radical (unpaired) electrons. The van der Waals surface area contributed by atoms with E-state index >= 15 is 0 Å². The zero-order valence-corrected chi connectivity index (χ0v) is 12.4. The summed E-state index contributed by atoms with van der Waals surface area (Å²) in [5, 5.41) is 0. The Labute approximate surface area is 127 Å². The highest BCUT2D eigenvalue weighted by molar-refractivity contribution is 5.48. The lowest BCUT2D eigenvalue weighted by Crippen LogP contribution is -2.32. The number of benzene rings is 1. The molecule has 110 valence electrons. The SMILES string of the molecule is C(=Cc1ccccc1)CN(Cc1ccco1)C1CCCC1. The van der Waals surface area contributed by atoms with Crippen molar-refractivity contribution in [1.82, 2.24) is 4.90 Å². The Bertz CT molecular complexity index is 538. The molecule has 1 fully saturated rings. The molecule has 0 unspecified atom stereocenters. The van der Waals surface area contributed by atoms with Crippen molar-refractivity contribution in [3.8, 4) is 0 Å². The summed E-state index contributed by atoms with van der Waals surface area (Å²) in [6.07, 6.45) is 11.6. The minimum Gasteiger partial charge on any atom is -0.468 e. The van der Waals surface area contributed by atoms with Gasteiger partial charge < -0.3 is 4.42 Å². The molecule has 1 aromatic carbocycles. The van der Waals surface area contributed by atoms with Crippen LogP contribution in [0.1, 0.15) is 37.0 Å². The first-order valence-electron chi connectivity index (χ1n) is 7.90. The lowest BCUT2D eigenvalue weighted by molar-refractivity contribution is 0.196. The smallest absolute Gasteiger partial charge is 0.117 e. The van der Waals surface area contributed by atoms with Gasteiger partial charge in [-0.25, -0.2) is 0 Å². The maximum absolute atomic E-state index is 5.52. The maximum atomic E-state index is 5.52. The van der Waals surface area contributed by atoms with Crippen LogP contribution in [0.4, 0.5) is 0 Å². The zero-order chi connectivity index (χ0) is 14.3. The van der Waals surface area contributed by atoms with Crippen LogP contribution in [0.3, 0.4) is 0 Å².